The summed E-state index contributed by atoms with van der Waals surface area (Å²) < 4.78 is 17.0. The Balaban J connectivity index is 1.60. The number of aromatic carboxylic acids is 1. The molecule has 196 valence electrons. The molecule has 0 radical (unpaired) electrons. The van der Waals surface area contributed by atoms with Gasteiger partial charge in [0.1, 0.15) is 5.75 Å². The van der Waals surface area contributed by atoms with Crippen molar-refractivity contribution in [1.82, 2.24) is 0 Å². The second-order valence-electron chi connectivity index (χ2n) is 9.53. The molecule has 0 saturated carbocycles. The number of hydrogen-bond acceptors (Lipinski definition) is 7. The number of carbonyl (C=O) groups is 4. The Morgan fingerprint density at radius 2 is 1.74 bits per heavy atom. The molecule has 1 heterocycles. The van der Waals surface area contributed by atoms with Crippen molar-refractivity contribution >= 4 is 46.5 Å². The monoisotopic (exact) mass is 628 g/mol. The van der Waals surface area contributed by atoms with Gasteiger partial charge in [0.15, 0.2) is 0 Å². The highest BCUT2D eigenvalue weighted by Crippen LogP contribution is 2.59. The average molecular weight is 628 g/mol. The zero-order valence-electron chi connectivity index (χ0n) is 20.7. The quantitative estimate of drug-likeness (QED) is 0.277. The van der Waals surface area contributed by atoms with E-state index < -0.39 is 53.7 Å². The van der Waals surface area contributed by atoms with Crippen LogP contribution in [0.5, 0.6) is 5.75 Å². The highest BCUT2D eigenvalue weighted by atomic mass is 127. The van der Waals surface area contributed by atoms with Gasteiger partial charge in [0.05, 0.1) is 27.6 Å². The zero-order chi connectivity index (χ0) is 27.1. The normalized spacial score (nSPS) is 25.8. The topological polar surface area (TPSA) is 116 Å². The molecular weight excluding hydrogens is 603 g/mol. The van der Waals surface area contributed by atoms with Crippen molar-refractivity contribution < 1.29 is 38.5 Å². The SMILES string of the molecule is C/C=C\C1=C(C)C2c3ccccc3C1C(C(=O)OC1CCOC1=O)C2C(=O)Oc1cc(C(=O)O)ccc1I. The Hall–Kier alpha value is -3.47. The summed E-state index contributed by atoms with van der Waals surface area (Å²) in [6, 6.07) is 12.0. The molecule has 2 aromatic rings. The standard InChI is InChI=1S/C29H25IO8/c1-3-6-16-14(2)22-17-7-4-5-8-18(17)23(16)25(29(35)37-20-11-12-36-27(20)33)24(22)28(34)38-21-13-15(26(31)32)9-10-19(21)30/h3-10,13,20,22-25H,11-12H2,1-2H3,(H,31,32)/b6-3-. The number of carboxylic acid groups (broad SMARTS) is 1. The van der Waals surface area contributed by atoms with Crippen molar-refractivity contribution in [2.24, 2.45) is 11.8 Å². The van der Waals surface area contributed by atoms with Gasteiger partial charge in [0.25, 0.3) is 0 Å². The summed E-state index contributed by atoms with van der Waals surface area (Å²) in [5.41, 5.74) is 3.72. The van der Waals surface area contributed by atoms with E-state index in [1.165, 1.54) is 12.1 Å². The molecule has 1 aliphatic heterocycles. The molecule has 1 N–H and O–H groups in total. The summed E-state index contributed by atoms with van der Waals surface area (Å²) in [5.74, 6) is -5.82. The molecule has 9 heteroatoms. The first-order valence-electron chi connectivity index (χ1n) is 12.3. The van der Waals surface area contributed by atoms with Crippen LogP contribution in [0, 0.1) is 15.4 Å². The van der Waals surface area contributed by atoms with Crippen LogP contribution in [0.2, 0.25) is 0 Å². The largest absolute Gasteiger partial charge is 0.478 e. The van der Waals surface area contributed by atoms with E-state index in [2.05, 4.69) is 0 Å². The van der Waals surface area contributed by atoms with Gasteiger partial charge in [-0.1, -0.05) is 42.0 Å². The van der Waals surface area contributed by atoms with Gasteiger partial charge < -0.3 is 19.3 Å². The van der Waals surface area contributed by atoms with E-state index in [1.807, 2.05) is 72.9 Å². The Kier molecular flexibility index (Phi) is 7.13. The summed E-state index contributed by atoms with van der Waals surface area (Å²) >= 11 is 1.97. The molecule has 0 aromatic heterocycles. The van der Waals surface area contributed by atoms with Crippen molar-refractivity contribution in [1.29, 1.82) is 0 Å². The minimum Gasteiger partial charge on any atom is -0.478 e. The van der Waals surface area contributed by atoms with Crippen LogP contribution in [0.4, 0.5) is 0 Å². The van der Waals surface area contributed by atoms with Crippen LogP contribution in [-0.2, 0) is 23.9 Å². The van der Waals surface area contributed by atoms with Crippen LogP contribution in [0.15, 0.2) is 65.8 Å². The minimum absolute atomic E-state index is 0.0223. The third kappa shape index (κ3) is 4.42. The third-order valence-electron chi connectivity index (χ3n) is 7.45. The molecule has 6 rings (SSSR count). The number of rotatable bonds is 6. The molecule has 5 atom stereocenters. The van der Waals surface area contributed by atoms with E-state index in [1.54, 1.807) is 6.07 Å². The molecule has 1 fully saturated rings. The number of carboxylic acids is 1. The number of ether oxygens (including phenoxy) is 3. The lowest BCUT2D eigenvalue weighted by Crippen LogP contribution is -2.49. The highest BCUT2D eigenvalue weighted by Gasteiger charge is 2.57. The number of cyclic esters (lactones) is 1. The number of carbonyl (C=O) groups excluding carboxylic acids is 3. The van der Waals surface area contributed by atoms with Gasteiger partial charge in [-0.2, -0.15) is 0 Å². The van der Waals surface area contributed by atoms with E-state index in [9.17, 15) is 24.3 Å². The van der Waals surface area contributed by atoms with Crippen molar-refractivity contribution in [2.75, 3.05) is 6.61 Å². The molecule has 0 spiro atoms. The van der Waals surface area contributed by atoms with Crippen molar-refractivity contribution in [3.05, 3.63) is 86.0 Å². The number of hydrogen-bond donors (Lipinski definition) is 1. The fraction of sp³-hybridized carbons (Fsp3) is 0.310. The second-order valence-corrected chi connectivity index (χ2v) is 10.7. The summed E-state index contributed by atoms with van der Waals surface area (Å²) in [7, 11) is 0. The maximum Gasteiger partial charge on any atom is 0.347 e. The lowest BCUT2D eigenvalue weighted by atomic mass is 9.54. The first kappa shape index (κ1) is 26.1. The maximum atomic E-state index is 13.9. The van der Waals surface area contributed by atoms with Crippen LogP contribution >= 0.6 is 22.6 Å². The van der Waals surface area contributed by atoms with Gasteiger partial charge >= 0.3 is 23.9 Å². The van der Waals surface area contributed by atoms with Crippen molar-refractivity contribution in [3.8, 4) is 5.75 Å². The first-order chi connectivity index (χ1) is 18.2. The smallest absolute Gasteiger partial charge is 0.347 e. The fourth-order valence-corrected chi connectivity index (χ4v) is 6.29. The van der Waals surface area contributed by atoms with Crippen molar-refractivity contribution in [2.45, 2.75) is 38.2 Å². The first-order valence-corrected chi connectivity index (χ1v) is 13.3. The number of allylic oxidation sites excluding steroid dienone is 4. The van der Waals surface area contributed by atoms with E-state index in [4.69, 9.17) is 14.2 Å². The van der Waals surface area contributed by atoms with Crippen molar-refractivity contribution in [3.63, 3.8) is 0 Å². The highest BCUT2D eigenvalue weighted by molar-refractivity contribution is 14.1. The number of benzene rings is 2. The molecule has 1 saturated heterocycles. The lowest BCUT2D eigenvalue weighted by molar-refractivity contribution is -0.168. The lowest BCUT2D eigenvalue weighted by Gasteiger charge is -2.48. The Labute approximate surface area is 232 Å². The van der Waals surface area contributed by atoms with Gasteiger partial charge in [-0.25, -0.2) is 9.59 Å². The summed E-state index contributed by atoms with van der Waals surface area (Å²) in [4.78, 5) is 51.3. The van der Waals surface area contributed by atoms with E-state index in [-0.39, 0.29) is 24.3 Å². The van der Waals surface area contributed by atoms with E-state index >= 15 is 0 Å². The van der Waals surface area contributed by atoms with Gasteiger partial charge in [-0.3, -0.25) is 9.59 Å². The molecule has 2 bridgehead atoms. The average Bonchev–Trinajstić information content (AvgIpc) is 3.30. The molecular formula is C29H25IO8. The number of halogens is 1. The molecule has 0 amide bonds. The van der Waals surface area contributed by atoms with Crippen LogP contribution in [-0.4, -0.2) is 41.7 Å². The molecule has 3 aliphatic carbocycles. The van der Waals surface area contributed by atoms with E-state index in [0.717, 1.165) is 22.3 Å². The summed E-state index contributed by atoms with van der Waals surface area (Å²) in [6.45, 7) is 4.01. The van der Waals surface area contributed by atoms with Crippen LogP contribution in [0.1, 0.15) is 53.6 Å². The van der Waals surface area contributed by atoms with Gasteiger partial charge in [0.2, 0.25) is 6.10 Å². The molecule has 8 nitrogen and oxygen atoms in total. The third-order valence-corrected chi connectivity index (χ3v) is 8.34. The number of esters is 3. The molecule has 38 heavy (non-hydrogen) atoms. The Bertz CT molecular complexity index is 1410. The van der Waals surface area contributed by atoms with Gasteiger partial charge in [-0.15, -0.1) is 0 Å². The van der Waals surface area contributed by atoms with Gasteiger partial charge in [-0.05, 0) is 71.3 Å². The maximum absolute atomic E-state index is 13.9. The number of fused-ring (bicyclic) bond motifs is 1. The van der Waals surface area contributed by atoms with Crippen LogP contribution in [0.25, 0.3) is 0 Å². The minimum atomic E-state index is -1.15. The zero-order valence-corrected chi connectivity index (χ0v) is 22.8. The second kappa shape index (κ2) is 10.4. The Morgan fingerprint density at radius 1 is 1.05 bits per heavy atom. The van der Waals surface area contributed by atoms with Crippen LogP contribution in [0.3, 0.4) is 0 Å². The molecule has 5 unspecified atom stereocenters. The predicted octanol–water partition coefficient (Wildman–Crippen LogP) is 4.77. The summed E-state index contributed by atoms with van der Waals surface area (Å²) in [6.07, 6.45) is 3.09. The molecule has 4 aliphatic rings. The Morgan fingerprint density at radius 3 is 2.37 bits per heavy atom. The molecule has 2 aromatic carbocycles. The van der Waals surface area contributed by atoms with E-state index in [0.29, 0.717) is 3.57 Å². The van der Waals surface area contributed by atoms with Gasteiger partial charge in [0, 0.05) is 18.3 Å². The predicted molar refractivity (Wildman–Crippen MR) is 144 cm³/mol. The van der Waals surface area contributed by atoms with Crippen LogP contribution < -0.4 is 4.74 Å². The fourth-order valence-electron chi connectivity index (χ4n) is 5.84. The summed E-state index contributed by atoms with van der Waals surface area (Å²) in [5, 5.41) is 9.41.